The highest BCUT2D eigenvalue weighted by Gasteiger charge is 2.32. The molecule has 96 valence electrons. The number of likely N-dealkylation sites (tertiary alicyclic amines) is 1. The number of amides is 1. The predicted molar refractivity (Wildman–Crippen MR) is 62.5 cm³/mol. The predicted octanol–water partition coefficient (Wildman–Crippen LogP) is 2.30. The van der Waals surface area contributed by atoms with Gasteiger partial charge in [-0.05, 0) is 17.7 Å². The van der Waals surface area contributed by atoms with Gasteiger partial charge < -0.3 is 9.64 Å². The Labute approximate surface area is 104 Å². The van der Waals surface area contributed by atoms with Crippen molar-refractivity contribution in [2.24, 2.45) is 0 Å². The second kappa shape index (κ2) is 5.16. The Morgan fingerprint density at radius 1 is 1.39 bits per heavy atom. The van der Waals surface area contributed by atoms with E-state index in [-0.39, 0.29) is 24.1 Å². The SMILES string of the molecule is COC(=O)N1CCC(=O)CC1c1ccc(F)cc1. The number of Topliss-reactive ketones (excluding diaryl/α,β-unsaturated/α-hetero) is 1. The Balaban J connectivity index is 2.27. The van der Waals surface area contributed by atoms with E-state index in [9.17, 15) is 14.0 Å². The number of piperidine rings is 1. The fraction of sp³-hybridized carbons (Fsp3) is 0.385. The summed E-state index contributed by atoms with van der Waals surface area (Å²) < 4.78 is 17.6. The molecule has 1 unspecified atom stereocenters. The van der Waals surface area contributed by atoms with E-state index in [0.717, 1.165) is 5.56 Å². The van der Waals surface area contributed by atoms with Gasteiger partial charge in [-0.15, -0.1) is 0 Å². The average molecular weight is 251 g/mol. The summed E-state index contributed by atoms with van der Waals surface area (Å²) in [7, 11) is 1.31. The number of halogens is 1. The van der Waals surface area contributed by atoms with Crippen molar-refractivity contribution in [3.63, 3.8) is 0 Å². The number of ketones is 1. The molecule has 1 aromatic carbocycles. The fourth-order valence-electron chi connectivity index (χ4n) is 2.15. The zero-order valence-electron chi connectivity index (χ0n) is 10.1. The van der Waals surface area contributed by atoms with Crippen molar-refractivity contribution in [1.29, 1.82) is 0 Å². The number of methoxy groups -OCH3 is 1. The van der Waals surface area contributed by atoms with E-state index in [1.807, 2.05) is 0 Å². The minimum absolute atomic E-state index is 0.101. The van der Waals surface area contributed by atoms with Crippen LogP contribution in [0.5, 0.6) is 0 Å². The van der Waals surface area contributed by atoms with Crippen LogP contribution < -0.4 is 0 Å². The number of hydrogen-bond acceptors (Lipinski definition) is 3. The van der Waals surface area contributed by atoms with Gasteiger partial charge in [-0.25, -0.2) is 9.18 Å². The largest absolute Gasteiger partial charge is 0.453 e. The molecule has 5 heteroatoms. The second-order valence-corrected chi connectivity index (χ2v) is 4.22. The lowest BCUT2D eigenvalue weighted by Gasteiger charge is -2.34. The van der Waals surface area contributed by atoms with Crippen molar-refractivity contribution in [2.75, 3.05) is 13.7 Å². The number of rotatable bonds is 1. The van der Waals surface area contributed by atoms with Crippen LogP contribution in [-0.2, 0) is 9.53 Å². The van der Waals surface area contributed by atoms with Gasteiger partial charge in [-0.2, -0.15) is 0 Å². The van der Waals surface area contributed by atoms with Gasteiger partial charge in [0, 0.05) is 19.4 Å². The van der Waals surface area contributed by atoms with Crippen LogP contribution in [0.4, 0.5) is 9.18 Å². The highest BCUT2D eigenvalue weighted by molar-refractivity contribution is 5.82. The van der Waals surface area contributed by atoms with Gasteiger partial charge in [-0.1, -0.05) is 12.1 Å². The molecule has 2 rings (SSSR count). The smallest absolute Gasteiger partial charge is 0.410 e. The molecule has 1 aliphatic heterocycles. The van der Waals surface area contributed by atoms with Crippen molar-refractivity contribution < 1.29 is 18.7 Å². The molecule has 0 saturated carbocycles. The zero-order chi connectivity index (χ0) is 13.1. The highest BCUT2D eigenvalue weighted by Crippen LogP contribution is 2.29. The lowest BCUT2D eigenvalue weighted by atomic mass is 9.95. The summed E-state index contributed by atoms with van der Waals surface area (Å²) in [5.41, 5.74) is 0.745. The van der Waals surface area contributed by atoms with E-state index in [0.29, 0.717) is 13.0 Å². The Morgan fingerprint density at radius 2 is 2.06 bits per heavy atom. The zero-order valence-corrected chi connectivity index (χ0v) is 10.1. The van der Waals surface area contributed by atoms with Gasteiger partial charge in [0.1, 0.15) is 11.6 Å². The van der Waals surface area contributed by atoms with Crippen molar-refractivity contribution in [3.8, 4) is 0 Å². The molecule has 4 nitrogen and oxygen atoms in total. The molecular formula is C13H14FNO3. The first kappa shape index (κ1) is 12.5. The first-order chi connectivity index (χ1) is 8.61. The van der Waals surface area contributed by atoms with E-state index >= 15 is 0 Å². The molecule has 1 amide bonds. The van der Waals surface area contributed by atoms with Gasteiger partial charge in [0.15, 0.2) is 0 Å². The van der Waals surface area contributed by atoms with E-state index in [1.54, 1.807) is 12.1 Å². The van der Waals surface area contributed by atoms with Crippen LogP contribution >= 0.6 is 0 Å². The average Bonchev–Trinajstić information content (AvgIpc) is 2.38. The normalized spacial score (nSPS) is 19.8. The van der Waals surface area contributed by atoms with Gasteiger partial charge >= 0.3 is 6.09 Å². The molecule has 1 aliphatic rings. The first-order valence-corrected chi connectivity index (χ1v) is 5.73. The Hall–Kier alpha value is -1.91. The molecule has 0 aromatic heterocycles. The summed E-state index contributed by atoms with van der Waals surface area (Å²) in [6.45, 7) is 0.341. The monoisotopic (exact) mass is 251 g/mol. The van der Waals surface area contributed by atoms with Gasteiger partial charge in [0.2, 0.25) is 0 Å². The summed E-state index contributed by atoms with van der Waals surface area (Å²) in [6, 6.07) is 5.47. The van der Waals surface area contributed by atoms with Gasteiger partial charge in [-0.3, -0.25) is 4.79 Å². The molecular weight excluding hydrogens is 237 g/mol. The number of hydrogen-bond donors (Lipinski definition) is 0. The van der Waals surface area contributed by atoms with Crippen molar-refractivity contribution in [1.82, 2.24) is 4.90 Å². The summed E-state index contributed by atoms with van der Waals surface area (Å²) in [5.74, 6) is -0.241. The molecule has 1 heterocycles. The Bertz CT molecular complexity index is 458. The third kappa shape index (κ3) is 2.50. The Morgan fingerprint density at radius 3 is 2.67 bits per heavy atom. The number of nitrogens with zero attached hydrogens (tertiary/aromatic N) is 1. The number of carbonyl (C=O) groups is 2. The van der Waals surface area contributed by atoms with Crippen LogP contribution in [0.2, 0.25) is 0 Å². The molecule has 1 aromatic rings. The van der Waals surface area contributed by atoms with Crippen LogP contribution in [0, 0.1) is 5.82 Å². The number of carbonyl (C=O) groups excluding carboxylic acids is 2. The number of ether oxygens (including phenoxy) is 1. The maximum Gasteiger partial charge on any atom is 0.410 e. The van der Waals surface area contributed by atoms with E-state index < -0.39 is 6.09 Å². The topological polar surface area (TPSA) is 46.6 Å². The quantitative estimate of drug-likeness (QED) is 0.769. The van der Waals surface area contributed by atoms with E-state index in [1.165, 1.54) is 24.1 Å². The van der Waals surface area contributed by atoms with Crippen LogP contribution in [0.3, 0.4) is 0 Å². The van der Waals surface area contributed by atoms with Crippen molar-refractivity contribution >= 4 is 11.9 Å². The molecule has 1 fully saturated rings. The highest BCUT2D eigenvalue weighted by atomic mass is 19.1. The minimum atomic E-state index is -0.461. The maximum atomic E-state index is 12.9. The molecule has 0 bridgehead atoms. The third-order valence-electron chi connectivity index (χ3n) is 3.09. The minimum Gasteiger partial charge on any atom is -0.453 e. The lowest BCUT2D eigenvalue weighted by Crippen LogP contribution is -2.41. The molecule has 1 saturated heterocycles. The van der Waals surface area contributed by atoms with Crippen molar-refractivity contribution in [3.05, 3.63) is 35.6 Å². The molecule has 0 aliphatic carbocycles. The van der Waals surface area contributed by atoms with E-state index in [2.05, 4.69) is 0 Å². The van der Waals surface area contributed by atoms with E-state index in [4.69, 9.17) is 4.74 Å². The van der Waals surface area contributed by atoms with Crippen molar-refractivity contribution in [2.45, 2.75) is 18.9 Å². The number of benzene rings is 1. The summed E-state index contributed by atoms with van der Waals surface area (Å²) in [6.07, 6.45) is 0.130. The first-order valence-electron chi connectivity index (χ1n) is 5.73. The summed E-state index contributed by atoms with van der Waals surface area (Å²) in [4.78, 5) is 24.7. The molecule has 0 N–H and O–H groups in total. The summed E-state index contributed by atoms with van der Waals surface area (Å²) in [5, 5.41) is 0. The molecule has 1 atom stereocenters. The van der Waals surface area contributed by atoms with Crippen LogP contribution in [0.15, 0.2) is 24.3 Å². The van der Waals surface area contributed by atoms with Crippen LogP contribution in [-0.4, -0.2) is 30.4 Å². The molecule has 0 spiro atoms. The second-order valence-electron chi connectivity index (χ2n) is 4.22. The molecule has 0 radical (unpaired) electrons. The van der Waals surface area contributed by atoms with Gasteiger partial charge in [0.25, 0.3) is 0 Å². The van der Waals surface area contributed by atoms with Gasteiger partial charge in [0.05, 0.1) is 13.2 Å². The maximum absolute atomic E-state index is 12.9. The van der Waals surface area contributed by atoms with Crippen LogP contribution in [0.1, 0.15) is 24.4 Å². The summed E-state index contributed by atoms with van der Waals surface area (Å²) >= 11 is 0. The lowest BCUT2D eigenvalue weighted by molar-refractivity contribution is -0.122. The molecule has 18 heavy (non-hydrogen) atoms. The standard InChI is InChI=1S/C13H14FNO3/c1-18-13(17)15-7-6-11(16)8-12(15)9-2-4-10(14)5-3-9/h2-5,12H,6-8H2,1H3. The Kier molecular flexibility index (Phi) is 3.60. The van der Waals surface area contributed by atoms with Crippen LogP contribution in [0.25, 0.3) is 0 Å². The fourth-order valence-corrected chi connectivity index (χ4v) is 2.15. The third-order valence-corrected chi connectivity index (χ3v) is 3.09.